The van der Waals surface area contributed by atoms with Crippen LogP contribution in [0.5, 0.6) is 0 Å². The highest BCUT2D eigenvalue weighted by molar-refractivity contribution is 6.18. The van der Waals surface area contributed by atoms with E-state index in [4.69, 9.17) is 11.6 Å². The summed E-state index contributed by atoms with van der Waals surface area (Å²) in [6.45, 7) is 0.752. The molecule has 0 spiro atoms. The lowest BCUT2D eigenvalue weighted by Gasteiger charge is -2.16. The Morgan fingerprint density at radius 3 is 2.95 bits per heavy atom. The van der Waals surface area contributed by atoms with Gasteiger partial charge in [-0.1, -0.05) is 6.07 Å². The first-order valence-electron chi connectivity index (χ1n) is 6.47. The highest BCUT2D eigenvalue weighted by Crippen LogP contribution is 2.24. The molecule has 5 heteroatoms. The summed E-state index contributed by atoms with van der Waals surface area (Å²) >= 11 is 5.55. The lowest BCUT2D eigenvalue weighted by Crippen LogP contribution is -2.23. The molecule has 1 saturated heterocycles. The third kappa shape index (κ3) is 3.70. The third-order valence-corrected chi connectivity index (χ3v) is 3.32. The molecule has 0 atom stereocenters. The fraction of sp³-hybridized carbons (Fsp3) is 0.429. The molecule has 1 aliphatic heterocycles. The summed E-state index contributed by atoms with van der Waals surface area (Å²) in [4.78, 5) is 25.0. The normalized spacial score (nSPS) is 14.8. The fourth-order valence-corrected chi connectivity index (χ4v) is 2.26. The lowest BCUT2D eigenvalue weighted by molar-refractivity contribution is -0.117. The van der Waals surface area contributed by atoms with Gasteiger partial charge in [0.2, 0.25) is 11.8 Å². The average Bonchev–Trinajstić information content (AvgIpc) is 2.83. The molecule has 0 aromatic heterocycles. The van der Waals surface area contributed by atoms with Crippen LogP contribution in [0.4, 0.5) is 11.4 Å². The number of halogens is 1. The Morgan fingerprint density at radius 1 is 1.42 bits per heavy atom. The van der Waals surface area contributed by atoms with Crippen molar-refractivity contribution in [2.24, 2.45) is 0 Å². The summed E-state index contributed by atoms with van der Waals surface area (Å²) in [5.74, 6) is 0.576. The largest absolute Gasteiger partial charge is 0.326 e. The third-order valence-electron chi connectivity index (χ3n) is 3.05. The second-order valence-electron chi connectivity index (χ2n) is 4.54. The van der Waals surface area contributed by atoms with Crippen LogP contribution in [0.15, 0.2) is 24.3 Å². The molecular weight excluding hydrogens is 264 g/mol. The van der Waals surface area contributed by atoms with Crippen molar-refractivity contribution in [3.63, 3.8) is 0 Å². The Morgan fingerprint density at radius 2 is 2.26 bits per heavy atom. The number of nitrogens with zero attached hydrogens (tertiary/aromatic N) is 1. The first kappa shape index (κ1) is 13.9. The van der Waals surface area contributed by atoms with Gasteiger partial charge in [0.25, 0.3) is 0 Å². The van der Waals surface area contributed by atoms with E-state index in [0.29, 0.717) is 25.1 Å². The van der Waals surface area contributed by atoms with Crippen molar-refractivity contribution in [1.29, 1.82) is 0 Å². The Hall–Kier alpha value is -1.55. The van der Waals surface area contributed by atoms with Crippen molar-refractivity contribution in [2.75, 3.05) is 22.6 Å². The molecule has 1 aliphatic rings. The molecule has 2 rings (SSSR count). The quantitative estimate of drug-likeness (QED) is 0.843. The number of benzene rings is 1. The highest BCUT2D eigenvalue weighted by atomic mass is 35.5. The molecular formula is C14H17ClN2O2. The van der Waals surface area contributed by atoms with Crippen LogP contribution in [0.25, 0.3) is 0 Å². The van der Waals surface area contributed by atoms with E-state index in [1.165, 1.54) is 0 Å². The topological polar surface area (TPSA) is 49.4 Å². The van der Waals surface area contributed by atoms with Crippen LogP contribution >= 0.6 is 11.6 Å². The molecule has 1 heterocycles. The lowest BCUT2D eigenvalue weighted by atomic mass is 10.2. The summed E-state index contributed by atoms with van der Waals surface area (Å²) in [5.41, 5.74) is 1.56. The highest BCUT2D eigenvalue weighted by Gasteiger charge is 2.21. The Balaban J connectivity index is 2.02. The summed E-state index contributed by atoms with van der Waals surface area (Å²) in [7, 11) is 0. The molecule has 1 aromatic carbocycles. The molecule has 1 N–H and O–H groups in total. The van der Waals surface area contributed by atoms with E-state index in [-0.39, 0.29) is 11.8 Å². The number of carbonyl (C=O) groups is 2. The number of anilines is 2. The van der Waals surface area contributed by atoms with E-state index in [9.17, 15) is 9.59 Å². The summed E-state index contributed by atoms with van der Waals surface area (Å²) < 4.78 is 0. The molecule has 0 radical (unpaired) electrons. The van der Waals surface area contributed by atoms with Gasteiger partial charge in [-0.25, -0.2) is 0 Å². The first-order valence-corrected chi connectivity index (χ1v) is 7.00. The number of hydrogen-bond donors (Lipinski definition) is 1. The number of hydrogen-bond acceptors (Lipinski definition) is 2. The van der Waals surface area contributed by atoms with Crippen LogP contribution in [0.3, 0.4) is 0 Å². The zero-order chi connectivity index (χ0) is 13.7. The van der Waals surface area contributed by atoms with E-state index in [2.05, 4.69) is 5.32 Å². The van der Waals surface area contributed by atoms with Gasteiger partial charge in [0.15, 0.2) is 0 Å². The predicted molar refractivity (Wildman–Crippen MR) is 76.6 cm³/mol. The molecule has 0 bridgehead atoms. The molecule has 1 fully saturated rings. The molecule has 0 aliphatic carbocycles. The predicted octanol–water partition coefficient (Wildman–Crippen LogP) is 2.77. The molecule has 1 aromatic rings. The molecule has 2 amide bonds. The average molecular weight is 281 g/mol. The zero-order valence-electron chi connectivity index (χ0n) is 10.7. The Labute approximate surface area is 117 Å². The minimum absolute atomic E-state index is 0.0504. The number of alkyl halides is 1. The summed E-state index contributed by atoms with van der Waals surface area (Å²) in [6.07, 6.45) is 2.57. The van der Waals surface area contributed by atoms with Gasteiger partial charge in [0.05, 0.1) is 0 Å². The molecule has 19 heavy (non-hydrogen) atoms. The van der Waals surface area contributed by atoms with E-state index in [0.717, 1.165) is 24.3 Å². The summed E-state index contributed by atoms with van der Waals surface area (Å²) in [5, 5.41) is 2.82. The van der Waals surface area contributed by atoms with E-state index < -0.39 is 0 Å². The van der Waals surface area contributed by atoms with Crippen molar-refractivity contribution in [2.45, 2.75) is 25.7 Å². The van der Waals surface area contributed by atoms with Crippen molar-refractivity contribution >= 4 is 34.8 Å². The number of rotatable bonds is 5. The van der Waals surface area contributed by atoms with Crippen molar-refractivity contribution in [3.8, 4) is 0 Å². The maximum Gasteiger partial charge on any atom is 0.227 e. The van der Waals surface area contributed by atoms with Crippen molar-refractivity contribution in [3.05, 3.63) is 24.3 Å². The maximum absolute atomic E-state index is 11.7. The van der Waals surface area contributed by atoms with E-state index >= 15 is 0 Å². The van der Waals surface area contributed by atoms with Gasteiger partial charge in [0, 0.05) is 36.6 Å². The number of nitrogens with one attached hydrogen (secondary N) is 1. The maximum atomic E-state index is 11.7. The number of amides is 2. The fourth-order valence-electron chi connectivity index (χ4n) is 2.12. The van der Waals surface area contributed by atoms with Crippen LogP contribution < -0.4 is 10.2 Å². The minimum atomic E-state index is -0.0504. The number of carbonyl (C=O) groups excluding carboxylic acids is 2. The Kier molecular flexibility index (Phi) is 4.80. The van der Waals surface area contributed by atoms with Gasteiger partial charge in [-0.15, -0.1) is 11.6 Å². The van der Waals surface area contributed by atoms with Crippen molar-refractivity contribution in [1.82, 2.24) is 0 Å². The standard InChI is InChI=1S/C14H17ClN2O2/c15-8-2-6-13(18)16-11-4-1-5-12(10-11)17-9-3-7-14(17)19/h1,4-5,10H,2-3,6-9H2,(H,16,18). The molecule has 0 saturated carbocycles. The smallest absolute Gasteiger partial charge is 0.227 e. The van der Waals surface area contributed by atoms with Gasteiger partial charge in [0.1, 0.15) is 0 Å². The monoisotopic (exact) mass is 280 g/mol. The second-order valence-corrected chi connectivity index (χ2v) is 4.92. The van der Waals surface area contributed by atoms with Gasteiger partial charge in [-0.2, -0.15) is 0 Å². The van der Waals surface area contributed by atoms with Gasteiger partial charge in [-0.05, 0) is 31.0 Å². The summed E-state index contributed by atoms with van der Waals surface area (Å²) in [6, 6.07) is 7.39. The molecule has 0 unspecified atom stereocenters. The van der Waals surface area contributed by atoms with Crippen LogP contribution in [0.1, 0.15) is 25.7 Å². The Bertz CT molecular complexity index is 476. The van der Waals surface area contributed by atoms with E-state index in [1.807, 2.05) is 24.3 Å². The van der Waals surface area contributed by atoms with Crippen LogP contribution in [0, 0.1) is 0 Å². The van der Waals surface area contributed by atoms with E-state index in [1.54, 1.807) is 4.90 Å². The molecule has 102 valence electrons. The first-order chi connectivity index (χ1) is 9.20. The van der Waals surface area contributed by atoms with Gasteiger partial charge >= 0.3 is 0 Å². The van der Waals surface area contributed by atoms with Gasteiger partial charge in [-0.3, -0.25) is 9.59 Å². The van der Waals surface area contributed by atoms with Gasteiger partial charge < -0.3 is 10.2 Å². The van der Waals surface area contributed by atoms with Crippen LogP contribution in [-0.4, -0.2) is 24.2 Å². The zero-order valence-corrected chi connectivity index (χ0v) is 11.4. The molecule has 4 nitrogen and oxygen atoms in total. The SMILES string of the molecule is O=C(CCCCl)Nc1cccc(N2CCCC2=O)c1. The second kappa shape index (κ2) is 6.57. The van der Waals surface area contributed by atoms with Crippen molar-refractivity contribution < 1.29 is 9.59 Å². The van der Waals surface area contributed by atoms with Crippen LogP contribution in [-0.2, 0) is 9.59 Å². The minimum Gasteiger partial charge on any atom is -0.326 e. The van der Waals surface area contributed by atoms with Crippen LogP contribution in [0.2, 0.25) is 0 Å².